The molecule has 0 spiro atoms. The third-order valence-electron chi connectivity index (χ3n) is 4.03. The number of nitrogens with two attached hydrogens (primary N) is 1. The van der Waals surface area contributed by atoms with Gasteiger partial charge in [0.05, 0.1) is 12.7 Å². The van der Waals surface area contributed by atoms with E-state index in [-0.39, 0.29) is 11.8 Å². The number of rotatable bonds is 4. The summed E-state index contributed by atoms with van der Waals surface area (Å²) in [5.74, 6) is -0.0507. The Hall–Kier alpha value is -2.67. The summed E-state index contributed by atoms with van der Waals surface area (Å²) >= 11 is 0. The third kappa shape index (κ3) is 3.71. The van der Waals surface area contributed by atoms with Crippen molar-refractivity contribution < 1.29 is 27.8 Å². The number of esters is 1. The Labute approximate surface area is 143 Å². The van der Waals surface area contributed by atoms with Crippen molar-refractivity contribution in [3.8, 4) is 11.5 Å². The van der Waals surface area contributed by atoms with Crippen LogP contribution < -0.4 is 15.2 Å². The minimum absolute atomic E-state index is 0.00455. The van der Waals surface area contributed by atoms with E-state index >= 15 is 0 Å². The Bertz CT molecular complexity index is 781. The van der Waals surface area contributed by atoms with Gasteiger partial charge in [0.15, 0.2) is 0 Å². The fourth-order valence-electron chi connectivity index (χ4n) is 2.85. The van der Waals surface area contributed by atoms with E-state index in [2.05, 4.69) is 4.74 Å². The summed E-state index contributed by atoms with van der Waals surface area (Å²) in [5, 5.41) is 0. The van der Waals surface area contributed by atoms with Gasteiger partial charge < -0.3 is 19.9 Å². The molecule has 0 bridgehead atoms. The van der Waals surface area contributed by atoms with E-state index in [9.17, 15) is 13.6 Å². The van der Waals surface area contributed by atoms with Crippen molar-refractivity contribution in [3.05, 3.63) is 59.2 Å². The molecule has 7 heteroatoms. The average molecular weight is 349 g/mol. The number of carbonyl (C=O) groups excluding carboxylic acids is 1. The fraction of sp³-hybridized carbons (Fsp3) is 0.278. The van der Waals surface area contributed by atoms with E-state index in [1.54, 1.807) is 24.3 Å². The van der Waals surface area contributed by atoms with Crippen LogP contribution in [0.4, 0.5) is 8.78 Å². The van der Waals surface area contributed by atoms with E-state index in [1.807, 2.05) is 6.07 Å². The summed E-state index contributed by atoms with van der Waals surface area (Å²) in [7, 11) is 1.31. The number of benzene rings is 2. The molecular formula is C18H17F2NO4. The number of alkyl halides is 2. The first-order valence-corrected chi connectivity index (χ1v) is 7.67. The third-order valence-corrected chi connectivity index (χ3v) is 4.03. The molecule has 0 saturated heterocycles. The lowest BCUT2D eigenvalue weighted by atomic mass is 9.93. The first kappa shape index (κ1) is 17.2. The number of hydrogen-bond donors (Lipinski definition) is 1. The Kier molecular flexibility index (Phi) is 4.85. The molecule has 0 unspecified atom stereocenters. The van der Waals surface area contributed by atoms with Crippen LogP contribution in [0, 0.1) is 0 Å². The van der Waals surface area contributed by atoms with Gasteiger partial charge in [-0.3, -0.25) is 0 Å². The molecule has 1 aliphatic heterocycles. The van der Waals surface area contributed by atoms with Gasteiger partial charge in [-0.1, -0.05) is 18.2 Å². The van der Waals surface area contributed by atoms with Crippen LogP contribution in [-0.2, 0) is 4.74 Å². The summed E-state index contributed by atoms with van der Waals surface area (Å²) in [6.45, 7) is -2.91. The van der Waals surface area contributed by atoms with E-state index in [1.165, 1.54) is 19.2 Å². The molecule has 0 aromatic heterocycles. The molecule has 2 atom stereocenters. The second-order valence-corrected chi connectivity index (χ2v) is 5.64. The molecule has 0 amide bonds. The van der Waals surface area contributed by atoms with Crippen molar-refractivity contribution in [1.29, 1.82) is 0 Å². The zero-order valence-corrected chi connectivity index (χ0v) is 13.4. The van der Waals surface area contributed by atoms with Crippen molar-refractivity contribution in [2.75, 3.05) is 7.11 Å². The van der Waals surface area contributed by atoms with Gasteiger partial charge in [-0.15, -0.1) is 0 Å². The molecule has 2 aromatic carbocycles. The van der Waals surface area contributed by atoms with Gasteiger partial charge in [0, 0.05) is 24.1 Å². The molecule has 25 heavy (non-hydrogen) atoms. The largest absolute Gasteiger partial charge is 0.485 e. The topological polar surface area (TPSA) is 70.8 Å². The summed E-state index contributed by atoms with van der Waals surface area (Å²) < 4.78 is 39.8. The van der Waals surface area contributed by atoms with Crippen LogP contribution in [0.1, 0.15) is 40.1 Å². The van der Waals surface area contributed by atoms with Crippen molar-refractivity contribution in [1.82, 2.24) is 0 Å². The second kappa shape index (κ2) is 7.06. The van der Waals surface area contributed by atoms with Crippen LogP contribution in [-0.4, -0.2) is 19.7 Å². The normalized spacial score (nSPS) is 19.1. The highest BCUT2D eigenvalue weighted by Crippen LogP contribution is 2.41. The number of ether oxygens (including phenoxy) is 3. The molecule has 2 N–H and O–H groups in total. The molecule has 132 valence electrons. The van der Waals surface area contributed by atoms with Crippen molar-refractivity contribution in [3.63, 3.8) is 0 Å². The van der Waals surface area contributed by atoms with E-state index in [0.717, 1.165) is 11.1 Å². The number of fused-ring (bicyclic) bond motifs is 1. The van der Waals surface area contributed by atoms with Gasteiger partial charge in [0.1, 0.15) is 17.6 Å². The zero-order chi connectivity index (χ0) is 18.0. The maximum Gasteiger partial charge on any atom is 0.387 e. The van der Waals surface area contributed by atoms with Gasteiger partial charge in [-0.25, -0.2) is 4.79 Å². The Morgan fingerprint density at radius 1 is 1.28 bits per heavy atom. The second-order valence-electron chi connectivity index (χ2n) is 5.64. The highest BCUT2D eigenvalue weighted by molar-refractivity contribution is 5.89. The van der Waals surface area contributed by atoms with E-state index < -0.39 is 18.7 Å². The van der Waals surface area contributed by atoms with Crippen LogP contribution >= 0.6 is 0 Å². The molecule has 1 aliphatic rings. The van der Waals surface area contributed by atoms with Crippen molar-refractivity contribution in [2.24, 2.45) is 5.73 Å². The number of hydrogen-bond acceptors (Lipinski definition) is 5. The molecular weight excluding hydrogens is 332 g/mol. The Balaban J connectivity index is 1.88. The average Bonchev–Trinajstić information content (AvgIpc) is 2.60. The highest BCUT2D eigenvalue weighted by Gasteiger charge is 2.28. The molecule has 0 aliphatic carbocycles. The Morgan fingerprint density at radius 2 is 2.08 bits per heavy atom. The van der Waals surface area contributed by atoms with Crippen LogP contribution in [0.25, 0.3) is 0 Å². The molecule has 3 rings (SSSR count). The number of methoxy groups -OCH3 is 1. The fourth-order valence-corrected chi connectivity index (χ4v) is 2.85. The van der Waals surface area contributed by atoms with E-state index in [0.29, 0.717) is 17.7 Å². The number of halogens is 2. The van der Waals surface area contributed by atoms with E-state index in [4.69, 9.17) is 15.2 Å². The summed E-state index contributed by atoms with van der Waals surface area (Å²) in [6, 6.07) is 11.0. The smallest absolute Gasteiger partial charge is 0.387 e. The molecule has 1 heterocycles. The lowest BCUT2D eigenvalue weighted by Crippen LogP contribution is -2.24. The monoisotopic (exact) mass is 349 g/mol. The van der Waals surface area contributed by atoms with Crippen LogP contribution in [0.15, 0.2) is 42.5 Å². The molecule has 0 fully saturated rings. The zero-order valence-electron chi connectivity index (χ0n) is 13.4. The van der Waals surface area contributed by atoms with Gasteiger partial charge in [-0.2, -0.15) is 8.78 Å². The van der Waals surface area contributed by atoms with Gasteiger partial charge >= 0.3 is 12.6 Å². The minimum Gasteiger partial charge on any atom is -0.485 e. The van der Waals surface area contributed by atoms with Gasteiger partial charge in [-0.05, 0) is 23.8 Å². The van der Waals surface area contributed by atoms with Crippen molar-refractivity contribution >= 4 is 5.97 Å². The number of carbonyl (C=O) groups is 1. The molecule has 5 nitrogen and oxygen atoms in total. The SMILES string of the molecule is COC(=O)c1cccc([C@H]2C[C@@H](N)c3ccc(OC(F)F)cc3O2)c1. The summed E-state index contributed by atoms with van der Waals surface area (Å²) in [5.41, 5.74) is 8.07. The first-order chi connectivity index (χ1) is 12.0. The predicted molar refractivity (Wildman–Crippen MR) is 85.8 cm³/mol. The maximum absolute atomic E-state index is 12.4. The standard InChI is InChI=1S/C18H17F2NO4/c1-23-17(22)11-4-2-3-10(7-11)15-9-14(21)13-6-5-12(24-18(19)20)8-16(13)25-15/h2-8,14-15,18H,9,21H2,1H3/t14-,15-/m1/s1. The molecule has 0 radical (unpaired) electrons. The van der Waals surface area contributed by atoms with Gasteiger partial charge in [0.2, 0.25) is 0 Å². The quantitative estimate of drug-likeness (QED) is 0.854. The minimum atomic E-state index is -2.91. The van der Waals surface area contributed by atoms with Gasteiger partial charge in [0.25, 0.3) is 0 Å². The summed E-state index contributed by atoms with van der Waals surface area (Å²) in [6.07, 6.45) is 0.0843. The maximum atomic E-state index is 12.4. The summed E-state index contributed by atoms with van der Waals surface area (Å²) in [4.78, 5) is 11.7. The predicted octanol–water partition coefficient (Wildman–Crippen LogP) is 3.60. The molecule has 0 saturated carbocycles. The van der Waals surface area contributed by atoms with Crippen LogP contribution in [0.2, 0.25) is 0 Å². The highest BCUT2D eigenvalue weighted by atomic mass is 19.3. The van der Waals surface area contributed by atoms with Crippen LogP contribution in [0.3, 0.4) is 0 Å². The first-order valence-electron chi connectivity index (χ1n) is 7.67. The Morgan fingerprint density at radius 3 is 2.80 bits per heavy atom. The van der Waals surface area contributed by atoms with Crippen LogP contribution in [0.5, 0.6) is 11.5 Å². The lowest BCUT2D eigenvalue weighted by molar-refractivity contribution is -0.0500. The molecule has 2 aromatic rings. The van der Waals surface area contributed by atoms with Crippen molar-refractivity contribution in [2.45, 2.75) is 25.2 Å². The lowest BCUT2D eigenvalue weighted by Gasteiger charge is -2.31.